The molecule has 0 saturated heterocycles. The topological polar surface area (TPSA) is 37.3 Å². The van der Waals surface area contributed by atoms with E-state index in [1.165, 1.54) is 5.57 Å². The van der Waals surface area contributed by atoms with Gasteiger partial charge in [-0.25, -0.2) is 0 Å². The van der Waals surface area contributed by atoms with Crippen LogP contribution in [0.4, 0.5) is 0 Å². The van der Waals surface area contributed by atoms with E-state index in [4.69, 9.17) is 5.11 Å². The minimum atomic E-state index is -0.677. The number of rotatable bonds is 3. The lowest BCUT2D eigenvalue weighted by Crippen LogP contribution is -2.27. The predicted molar refractivity (Wildman–Crippen MR) is 57.1 cm³/mol. The summed E-state index contributed by atoms with van der Waals surface area (Å²) < 4.78 is 0. The Balaban J connectivity index is 2.50. The SMILES string of the molecule is CC1=CCC(CC(C)(C)C(=O)O)CC1. The number of hydrogen-bond donors (Lipinski definition) is 1. The highest BCUT2D eigenvalue weighted by atomic mass is 16.4. The smallest absolute Gasteiger partial charge is 0.309 e. The van der Waals surface area contributed by atoms with Crippen molar-refractivity contribution >= 4 is 5.97 Å². The van der Waals surface area contributed by atoms with Gasteiger partial charge in [0, 0.05) is 0 Å². The van der Waals surface area contributed by atoms with Crippen LogP contribution in [0.1, 0.15) is 46.5 Å². The highest BCUT2D eigenvalue weighted by molar-refractivity contribution is 5.73. The Labute approximate surface area is 86.0 Å². The van der Waals surface area contributed by atoms with Crippen LogP contribution in [0.2, 0.25) is 0 Å². The summed E-state index contributed by atoms with van der Waals surface area (Å²) in [5, 5.41) is 9.01. The van der Waals surface area contributed by atoms with Gasteiger partial charge in [0.25, 0.3) is 0 Å². The van der Waals surface area contributed by atoms with Crippen LogP contribution in [0, 0.1) is 11.3 Å². The van der Waals surface area contributed by atoms with Crippen LogP contribution in [-0.4, -0.2) is 11.1 Å². The van der Waals surface area contributed by atoms with Gasteiger partial charge in [0.1, 0.15) is 0 Å². The first kappa shape index (κ1) is 11.3. The van der Waals surface area contributed by atoms with Crippen LogP contribution in [-0.2, 0) is 4.79 Å². The lowest BCUT2D eigenvalue weighted by molar-refractivity contribution is -0.147. The van der Waals surface area contributed by atoms with Gasteiger partial charge in [-0.15, -0.1) is 0 Å². The largest absolute Gasteiger partial charge is 0.481 e. The zero-order chi connectivity index (χ0) is 10.8. The molecule has 0 spiro atoms. The Morgan fingerprint density at radius 2 is 2.29 bits per heavy atom. The molecule has 0 radical (unpaired) electrons. The Bertz CT molecular complexity index is 251. The van der Waals surface area contributed by atoms with Crippen molar-refractivity contribution in [3.63, 3.8) is 0 Å². The van der Waals surface area contributed by atoms with E-state index in [1.54, 1.807) is 0 Å². The highest BCUT2D eigenvalue weighted by Gasteiger charge is 2.30. The van der Waals surface area contributed by atoms with Gasteiger partial charge < -0.3 is 5.11 Å². The second-order valence-corrected chi connectivity index (χ2v) is 5.08. The number of carboxylic acids is 1. The normalized spacial score (nSPS) is 23.1. The number of carboxylic acid groups (broad SMARTS) is 1. The molecule has 1 unspecified atom stereocenters. The molecule has 80 valence electrons. The Hall–Kier alpha value is -0.790. The van der Waals surface area contributed by atoms with E-state index < -0.39 is 11.4 Å². The molecule has 0 aromatic rings. The first-order chi connectivity index (χ1) is 6.42. The number of carbonyl (C=O) groups is 1. The predicted octanol–water partition coefficient (Wildman–Crippen LogP) is 3.23. The first-order valence-electron chi connectivity index (χ1n) is 5.31. The summed E-state index contributed by atoms with van der Waals surface area (Å²) in [5.74, 6) is -0.117. The highest BCUT2D eigenvalue weighted by Crippen LogP contribution is 2.33. The number of allylic oxidation sites excluding steroid dienone is 2. The minimum Gasteiger partial charge on any atom is -0.481 e. The van der Waals surface area contributed by atoms with Crippen molar-refractivity contribution in [1.82, 2.24) is 0 Å². The summed E-state index contributed by atoms with van der Waals surface area (Å²) in [5.41, 5.74) is 0.887. The maximum atomic E-state index is 10.9. The van der Waals surface area contributed by atoms with Gasteiger partial charge in [0.15, 0.2) is 0 Å². The molecule has 0 amide bonds. The molecule has 1 rings (SSSR count). The van der Waals surface area contributed by atoms with Gasteiger partial charge >= 0.3 is 5.97 Å². The van der Waals surface area contributed by atoms with Gasteiger partial charge in [0.05, 0.1) is 5.41 Å². The molecule has 1 N–H and O–H groups in total. The molecule has 0 aromatic carbocycles. The first-order valence-corrected chi connectivity index (χ1v) is 5.31. The van der Waals surface area contributed by atoms with Crippen molar-refractivity contribution in [3.8, 4) is 0 Å². The van der Waals surface area contributed by atoms with Gasteiger partial charge in [-0.2, -0.15) is 0 Å². The third-order valence-electron chi connectivity index (χ3n) is 3.12. The lowest BCUT2D eigenvalue weighted by atomic mass is 9.77. The van der Waals surface area contributed by atoms with Crippen molar-refractivity contribution in [2.75, 3.05) is 0 Å². The molecule has 2 heteroatoms. The van der Waals surface area contributed by atoms with Crippen molar-refractivity contribution in [2.45, 2.75) is 46.5 Å². The van der Waals surface area contributed by atoms with Gasteiger partial charge in [-0.05, 0) is 52.4 Å². The quantitative estimate of drug-likeness (QED) is 0.703. The van der Waals surface area contributed by atoms with Crippen LogP contribution in [0.25, 0.3) is 0 Å². The summed E-state index contributed by atoms with van der Waals surface area (Å²) in [6.07, 6.45) is 6.40. The van der Waals surface area contributed by atoms with Gasteiger partial charge in [-0.3, -0.25) is 4.79 Å². The zero-order valence-electron chi connectivity index (χ0n) is 9.34. The van der Waals surface area contributed by atoms with Crippen LogP contribution in [0.15, 0.2) is 11.6 Å². The third kappa shape index (κ3) is 2.86. The summed E-state index contributed by atoms with van der Waals surface area (Å²) in [6, 6.07) is 0. The lowest BCUT2D eigenvalue weighted by Gasteiger charge is -2.27. The van der Waals surface area contributed by atoms with Crippen molar-refractivity contribution in [3.05, 3.63) is 11.6 Å². The standard InChI is InChI=1S/C12H20O2/c1-9-4-6-10(7-5-9)8-12(2,3)11(13)14/h4,10H,5-8H2,1-3H3,(H,13,14). The molecule has 1 aliphatic rings. The van der Waals surface area contributed by atoms with Gasteiger partial charge in [0.2, 0.25) is 0 Å². The molecule has 0 fully saturated rings. The molecule has 0 heterocycles. The van der Waals surface area contributed by atoms with Crippen molar-refractivity contribution in [2.24, 2.45) is 11.3 Å². The third-order valence-corrected chi connectivity index (χ3v) is 3.12. The molecule has 1 atom stereocenters. The van der Waals surface area contributed by atoms with Crippen LogP contribution < -0.4 is 0 Å². The average Bonchev–Trinajstić information content (AvgIpc) is 2.08. The summed E-state index contributed by atoms with van der Waals surface area (Å²) in [7, 11) is 0. The van der Waals surface area contributed by atoms with E-state index in [9.17, 15) is 4.79 Å². The molecule has 1 aliphatic carbocycles. The molecule has 14 heavy (non-hydrogen) atoms. The molecule has 0 aromatic heterocycles. The van der Waals surface area contributed by atoms with E-state index in [0.717, 1.165) is 25.7 Å². The average molecular weight is 196 g/mol. The van der Waals surface area contributed by atoms with Crippen molar-refractivity contribution < 1.29 is 9.90 Å². The Morgan fingerprint density at radius 3 is 2.71 bits per heavy atom. The van der Waals surface area contributed by atoms with E-state index in [0.29, 0.717) is 5.92 Å². The summed E-state index contributed by atoms with van der Waals surface area (Å²) in [6.45, 7) is 5.79. The van der Waals surface area contributed by atoms with Gasteiger partial charge in [-0.1, -0.05) is 11.6 Å². The molecular weight excluding hydrogens is 176 g/mol. The van der Waals surface area contributed by atoms with Crippen LogP contribution in [0.3, 0.4) is 0 Å². The van der Waals surface area contributed by atoms with E-state index in [-0.39, 0.29) is 0 Å². The molecular formula is C12H20O2. The molecule has 0 aliphatic heterocycles. The number of hydrogen-bond acceptors (Lipinski definition) is 1. The summed E-state index contributed by atoms with van der Waals surface area (Å²) in [4.78, 5) is 10.9. The summed E-state index contributed by atoms with van der Waals surface area (Å²) >= 11 is 0. The molecule has 0 saturated carbocycles. The van der Waals surface area contributed by atoms with Crippen LogP contribution in [0.5, 0.6) is 0 Å². The van der Waals surface area contributed by atoms with Crippen LogP contribution >= 0.6 is 0 Å². The van der Waals surface area contributed by atoms with E-state index in [2.05, 4.69) is 13.0 Å². The second kappa shape index (κ2) is 4.16. The molecule has 2 nitrogen and oxygen atoms in total. The van der Waals surface area contributed by atoms with E-state index in [1.807, 2.05) is 13.8 Å². The zero-order valence-corrected chi connectivity index (χ0v) is 9.34. The van der Waals surface area contributed by atoms with Crippen molar-refractivity contribution in [1.29, 1.82) is 0 Å². The Kier molecular flexibility index (Phi) is 3.35. The minimum absolute atomic E-state index is 0.560. The maximum absolute atomic E-state index is 10.9. The monoisotopic (exact) mass is 196 g/mol. The maximum Gasteiger partial charge on any atom is 0.309 e. The fourth-order valence-corrected chi connectivity index (χ4v) is 2.01. The fourth-order valence-electron chi connectivity index (χ4n) is 2.01. The second-order valence-electron chi connectivity index (χ2n) is 5.08. The Morgan fingerprint density at radius 1 is 1.64 bits per heavy atom. The van der Waals surface area contributed by atoms with E-state index >= 15 is 0 Å². The fraction of sp³-hybridized carbons (Fsp3) is 0.750. The number of aliphatic carboxylic acids is 1. The molecule has 0 bridgehead atoms.